The summed E-state index contributed by atoms with van der Waals surface area (Å²) < 4.78 is 2.28. The van der Waals surface area contributed by atoms with Crippen LogP contribution in [0, 0.1) is 0 Å². The number of rotatable bonds is 5. The first-order valence-corrected chi connectivity index (χ1v) is 6.32. The van der Waals surface area contributed by atoms with Gasteiger partial charge in [0.05, 0.1) is 5.52 Å². The number of likely N-dealkylation sites (N-methyl/N-ethyl adjacent to an activating group) is 1. The molecule has 1 aromatic heterocycles. The van der Waals surface area contributed by atoms with Crippen LogP contribution in [0.15, 0.2) is 30.5 Å². The van der Waals surface area contributed by atoms with Crippen LogP contribution in [0.4, 0.5) is 5.69 Å². The Morgan fingerprint density at radius 2 is 1.94 bits per heavy atom. The Morgan fingerprint density at radius 3 is 2.65 bits per heavy atom. The molecule has 1 aromatic carbocycles. The lowest BCUT2D eigenvalue weighted by Crippen LogP contribution is -2.26. The first-order chi connectivity index (χ1) is 8.26. The van der Waals surface area contributed by atoms with E-state index in [2.05, 4.69) is 41.6 Å². The van der Waals surface area contributed by atoms with Crippen molar-refractivity contribution in [1.29, 1.82) is 0 Å². The van der Waals surface area contributed by atoms with Gasteiger partial charge >= 0.3 is 0 Å². The number of nitrogens with zero attached hydrogens (tertiary/aromatic N) is 2. The summed E-state index contributed by atoms with van der Waals surface area (Å²) in [4.78, 5) is 2.43. The van der Waals surface area contributed by atoms with E-state index in [9.17, 15) is 0 Å². The molecular weight excluding hydrogens is 210 g/mol. The van der Waals surface area contributed by atoms with E-state index in [0.29, 0.717) is 0 Å². The minimum Gasteiger partial charge on any atom is -0.398 e. The number of nitrogens with two attached hydrogens (primary N) is 1. The molecule has 0 amide bonds. The smallest absolute Gasteiger partial charge is 0.0501 e. The number of fused-ring (bicyclic) bond motifs is 1. The molecule has 0 saturated carbocycles. The van der Waals surface area contributed by atoms with Gasteiger partial charge in [-0.15, -0.1) is 0 Å². The molecule has 0 aliphatic heterocycles. The highest BCUT2D eigenvalue weighted by molar-refractivity contribution is 5.91. The molecule has 0 radical (unpaired) electrons. The van der Waals surface area contributed by atoms with Crippen LogP contribution < -0.4 is 5.73 Å². The maximum absolute atomic E-state index is 5.95. The molecule has 0 aliphatic rings. The Bertz CT molecular complexity index is 483. The molecule has 0 bridgehead atoms. The van der Waals surface area contributed by atoms with Gasteiger partial charge in [0.2, 0.25) is 0 Å². The predicted molar refractivity (Wildman–Crippen MR) is 74.1 cm³/mol. The van der Waals surface area contributed by atoms with Crippen molar-refractivity contribution in [1.82, 2.24) is 9.47 Å². The van der Waals surface area contributed by atoms with Crippen molar-refractivity contribution >= 4 is 16.6 Å². The average Bonchev–Trinajstić information content (AvgIpc) is 2.75. The molecule has 1 heterocycles. The lowest BCUT2D eigenvalue weighted by molar-refractivity contribution is 0.292. The molecule has 0 saturated heterocycles. The lowest BCUT2D eigenvalue weighted by atomic mass is 10.2. The van der Waals surface area contributed by atoms with Crippen molar-refractivity contribution in [3.8, 4) is 0 Å². The molecule has 2 rings (SSSR count). The SMILES string of the molecule is CCN(CC)CCn1ccc2c(N)cccc21. The van der Waals surface area contributed by atoms with Crippen LogP contribution in [-0.4, -0.2) is 29.1 Å². The second-order valence-corrected chi connectivity index (χ2v) is 4.32. The zero-order valence-electron chi connectivity index (χ0n) is 10.7. The zero-order chi connectivity index (χ0) is 12.3. The van der Waals surface area contributed by atoms with Crippen LogP contribution in [0.25, 0.3) is 10.9 Å². The van der Waals surface area contributed by atoms with Crippen molar-refractivity contribution in [2.24, 2.45) is 0 Å². The highest BCUT2D eigenvalue weighted by atomic mass is 15.1. The van der Waals surface area contributed by atoms with Crippen molar-refractivity contribution in [3.05, 3.63) is 30.5 Å². The fourth-order valence-electron chi connectivity index (χ4n) is 2.23. The number of anilines is 1. The third-order valence-electron chi connectivity index (χ3n) is 3.40. The molecule has 17 heavy (non-hydrogen) atoms. The van der Waals surface area contributed by atoms with Gasteiger partial charge < -0.3 is 15.2 Å². The van der Waals surface area contributed by atoms with Gasteiger partial charge in [0.25, 0.3) is 0 Å². The molecule has 2 aromatic rings. The minimum atomic E-state index is 0.865. The van der Waals surface area contributed by atoms with E-state index in [1.165, 1.54) is 5.52 Å². The molecule has 0 fully saturated rings. The van der Waals surface area contributed by atoms with Gasteiger partial charge in [-0.3, -0.25) is 0 Å². The number of nitrogen functional groups attached to an aromatic ring is 1. The fourth-order valence-corrected chi connectivity index (χ4v) is 2.23. The summed E-state index contributed by atoms with van der Waals surface area (Å²) in [7, 11) is 0. The molecule has 3 heteroatoms. The minimum absolute atomic E-state index is 0.865. The first kappa shape index (κ1) is 12.0. The van der Waals surface area contributed by atoms with E-state index in [-0.39, 0.29) is 0 Å². The van der Waals surface area contributed by atoms with E-state index in [1.807, 2.05) is 12.1 Å². The maximum atomic E-state index is 5.95. The van der Waals surface area contributed by atoms with E-state index < -0.39 is 0 Å². The van der Waals surface area contributed by atoms with Gasteiger partial charge in [-0.05, 0) is 31.3 Å². The van der Waals surface area contributed by atoms with Crippen molar-refractivity contribution in [2.75, 3.05) is 25.4 Å². The lowest BCUT2D eigenvalue weighted by Gasteiger charge is -2.18. The predicted octanol–water partition coefficient (Wildman–Crippen LogP) is 2.57. The van der Waals surface area contributed by atoms with Crippen LogP contribution in [0.3, 0.4) is 0 Å². The van der Waals surface area contributed by atoms with Crippen LogP contribution in [0.2, 0.25) is 0 Å². The molecule has 0 atom stereocenters. The van der Waals surface area contributed by atoms with Crippen LogP contribution in [-0.2, 0) is 6.54 Å². The summed E-state index contributed by atoms with van der Waals surface area (Å²) >= 11 is 0. The quantitative estimate of drug-likeness (QED) is 0.802. The average molecular weight is 231 g/mol. The topological polar surface area (TPSA) is 34.2 Å². The summed E-state index contributed by atoms with van der Waals surface area (Å²) in [6.07, 6.45) is 2.13. The normalized spacial score (nSPS) is 11.5. The second kappa shape index (κ2) is 5.23. The van der Waals surface area contributed by atoms with Crippen LogP contribution in [0.5, 0.6) is 0 Å². The third kappa shape index (κ3) is 2.44. The Morgan fingerprint density at radius 1 is 1.18 bits per heavy atom. The van der Waals surface area contributed by atoms with Gasteiger partial charge in [0.1, 0.15) is 0 Å². The number of benzene rings is 1. The second-order valence-electron chi connectivity index (χ2n) is 4.32. The van der Waals surface area contributed by atoms with E-state index >= 15 is 0 Å². The summed E-state index contributed by atoms with van der Waals surface area (Å²) in [6, 6.07) is 8.21. The van der Waals surface area contributed by atoms with Gasteiger partial charge in [0.15, 0.2) is 0 Å². The van der Waals surface area contributed by atoms with Gasteiger partial charge in [-0.1, -0.05) is 19.9 Å². The van der Waals surface area contributed by atoms with Crippen LogP contribution in [0.1, 0.15) is 13.8 Å². The molecular formula is C14H21N3. The van der Waals surface area contributed by atoms with Gasteiger partial charge in [-0.2, -0.15) is 0 Å². The Balaban J connectivity index is 2.17. The number of hydrogen-bond donors (Lipinski definition) is 1. The standard InChI is InChI=1S/C14H21N3/c1-3-16(4-2)10-11-17-9-8-12-13(15)6-5-7-14(12)17/h5-9H,3-4,10-11,15H2,1-2H3. The van der Waals surface area contributed by atoms with Crippen molar-refractivity contribution in [3.63, 3.8) is 0 Å². The largest absolute Gasteiger partial charge is 0.398 e. The monoisotopic (exact) mass is 231 g/mol. The highest BCUT2D eigenvalue weighted by Gasteiger charge is 2.04. The van der Waals surface area contributed by atoms with E-state index in [4.69, 9.17) is 5.73 Å². The zero-order valence-corrected chi connectivity index (χ0v) is 10.7. The van der Waals surface area contributed by atoms with Gasteiger partial charge in [-0.25, -0.2) is 0 Å². The van der Waals surface area contributed by atoms with Gasteiger partial charge in [0, 0.05) is 30.4 Å². The third-order valence-corrected chi connectivity index (χ3v) is 3.40. The van der Waals surface area contributed by atoms with Crippen LogP contribution >= 0.6 is 0 Å². The molecule has 92 valence electrons. The summed E-state index contributed by atoms with van der Waals surface area (Å²) in [5.74, 6) is 0. The molecule has 2 N–H and O–H groups in total. The Hall–Kier alpha value is -1.48. The molecule has 3 nitrogen and oxygen atoms in total. The summed E-state index contributed by atoms with van der Waals surface area (Å²) in [6.45, 7) is 8.74. The van der Waals surface area contributed by atoms with Crippen molar-refractivity contribution in [2.45, 2.75) is 20.4 Å². The highest BCUT2D eigenvalue weighted by Crippen LogP contribution is 2.21. The summed E-state index contributed by atoms with van der Waals surface area (Å²) in [5.41, 5.74) is 8.05. The number of hydrogen-bond acceptors (Lipinski definition) is 2. The molecule has 0 aliphatic carbocycles. The molecule has 0 unspecified atom stereocenters. The van der Waals surface area contributed by atoms with E-state index in [1.54, 1.807) is 0 Å². The maximum Gasteiger partial charge on any atom is 0.0501 e. The Labute approximate surface area is 103 Å². The van der Waals surface area contributed by atoms with E-state index in [0.717, 1.165) is 37.3 Å². The number of aromatic nitrogens is 1. The van der Waals surface area contributed by atoms with Crippen molar-refractivity contribution < 1.29 is 0 Å². The fraction of sp³-hybridized carbons (Fsp3) is 0.429. The molecule has 0 spiro atoms. The summed E-state index contributed by atoms with van der Waals surface area (Å²) in [5, 5.41) is 1.16. The Kier molecular flexibility index (Phi) is 3.69. The first-order valence-electron chi connectivity index (χ1n) is 6.32.